The molecule has 1 saturated heterocycles. The van der Waals surface area contributed by atoms with Crippen LogP contribution >= 0.6 is 11.3 Å². The van der Waals surface area contributed by atoms with Crippen LogP contribution in [-0.2, 0) is 6.54 Å². The Morgan fingerprint density at radius 2 is 2.06 bits per heavy atom. The molecule has 88 valence electrons. The van der Waals surface area contributed by atoms with E-state index in [2.05, 4.69) is 9.88 Å². The van der Waals surface area contributed by atoms with E-state index in [-0.39, 0.29) is 0 Å². The summed E-state index contributed by atoms with van der Waals surface area (Å²) in [4.78, 5) is 17.6. The molecule has 0 amide bonds. The van der Waals surface area contributed by atoms with E-state index in [1.54, 1.807) is 0 Å². The molecule has 0 saturated carbocycles. The van der Waals surface area contributed by atoms with Gasteiger partial charge in [0.15, 0.2) is 0 Å². The van der Waals surface area contributed by atoms with Gasteiger partial charge in [0.1, 0.15) is 9.88 Å². The Balaban J connectivity index is 1.94. The summed E-state index contributed by atoms with van der Waals surface area (Å²) in [6.45, 7) is 3.03. The molecule has 1 aromatic heterocycles. The van der Waals surface area contributed by atoms with E-state index in [0.717, 1.165) is 24.6 Å². The second kappa shape index (κ2) is 5.41. The van der Waals surface area contributed by atoms with Crippen LogP contribution in [0.3, 0.4) is 0 Å². The van der Waals surface area contributed by atoms with Gasteiger partial charge in [0.05, 0.1) is 12.7 Å². The molecular formula is C11H16N2O2S. The maximum absolute atomic E-state index is 10.7. The highest BCUT2D eigenvalue weighted by Crippen LogP contribution is 2.17. The Kier molecular flexibility index (Phi) is 3.90. The van der Waals surface area contributed by atoms with E-state index in [1.165, 1.54) is 43.2 Å². The standard InChI is InChI=1S/C11H16N2O2S/c14-11(15)9-7-12-10(16-9)8-13-5-3-1-2-4-6-13/h7H,1-6,8H2,(H,14,15). The van der Waals surface area contributed by atoms with Gasteiger partial charge in [-0.15, -0.1) is 11.3 Å². The Bertz CT molecular complexity index is 357. The van der Waals surface area contributed by atoms with Crippen LogP contribution in [0.5, 0.6) is 0 Å². The fraction of sp³-hybridized carbons (Fsp3) is 0.636. The van der Waals surface area contributed by atoms with Crippen LogP contribution in [0.2, 0.25) is 0 Å². The smallest absolute Gasteiger partial charge is 0.347 e. The summed E-state index contributed by atoms with van der Waals surface area (Å²) in [7, 11) is 0. The molecule has 0 aliphatic carbocycles. The van der Waals surface area contributed by atoms with Crippen molar-refractivity contribution in [3.63, 3.8) is 0 Å². The molecule has 0 radical (unpaired) electrons. The van der Waals surface area contributed by atoms with Crippen molar-refractivity contribution in [1.82, 2.24) is 9.88 Å². The summed E-state index contributed by atoms with van der Waals surface area (Å²) >= 11 is 1.29. The molecule has 2 rings (SSSR count). The molecule has 0 atom stereocenters. The van der Waals surface area contributed by atoms with Gasteiger partial charge in [0.25, 0.3) is 0 Å². The number of hydrogen-bond acceptors (Lipinski definition) is 4. The second-order valence-corrected chi connectivity index (χ2v) is 5.23. The molecule has 0 unspecified atom stereocenters. The number of carboxylic acids is 1. The van der Waals surface area contributed by atoms with Crippen LogP contribution in [0.1, 0.15) is 40.4 Å². The third-order valence-corrected chi connectivity index (χ3v) is 3.79. The van der Waals surface area contributed by atoms with Crippen LogP contribution in [0.4, 0.5) is 0 Å². The largest absolute Gasteiger partial charge is 0.477 e. The summed E-state index contributed by atoms with van der Waals surface area (Å²) in [6.07, 6.45) is 6.58. The van der Waals surface area contributed by atoms with Gasteiger partial charge < -0.3 is 5.11 Å². The molecule has 1 aromatic rings. The SMILES string of the molecule is O=C(O)c1cnc(CN2CCCCCC2)s1. The number of aromatic nitrogens is 1. The number of likely N-dealkylation sites (tertiary alicyclic amines) is 1. The molecule has 1 aliphatic rings. The van der Waals surface area contributed by atoms with Crippen molar-refractivity contribution in [3.05, 3.63) is 16.1 Å². The van der Waals surface area contributed by atoms with Gasteiger partial charge in [-0.2, -0.15) is 0 Å². The van der Waals surface area contributed by atoms with Gasteiger partial charge in [-0.05, 0) is 25.9 Å². The molecule has 1 aliphatic heterocycles. The highest BCUT2D eigenvalue weighted by molar-refractivity contribution is 7.13. The molecule has 0 spiro atoms. The Morgan fingerprint density at radius 1 is 1.38 bits per heavy atom. The first-order valence-electron chi connectivity index (χ1n) is 5.66. The second-order valence-electron chi connectivity index (χ2n) is 4.11. The van der Waals surface area contributed by atoms with Gasteiger partial charge in [-0.1, -0.05) is 12.8 Å². The van der Waals surface area contributed by atoms with Crippen LogP contribution in [0.15, 0.2) is 6.20 Å². The van der Waals surface area contributed by atoms with Crippen molar-refractivity contribution in [1.29, 1.82) is 0 Å². The van der Waals surface area contributed by atoms with Crippen molar-refractivity contribution in [3.8, 4) is 0 Å². The van der Waals surface area contributed by atoms with Gasteiger partial charge in [0.2, 0.25) is 0 Å². The topological polar surface area (TPSA) is 53.4 Å². The summed E-state index contributed by atoms with van der Waals surface area (Å²) in [5, 5.41) is 9.72. The molecule has 16 heavy (non-hydrogen) atoms. The maximum atomic E-state index is 10.7. The van der Waals surface area contributed by atoms with E-state index >= 15 is 0 Å². The Morgan fingerprint density at radius 3 is 2.62 bits per heavy atom. The summed E-state index contributed by atoms with van der Waals surface area (Å²) in [6, 6.07) is 0. The van der Waals surface area contributed by atoms with Crippen molar-refractivity contribution >= 4 is 17.3 Å². The lowest BCUT2D eigenvalue weighted by Gasteiger charge is -2.17. The number of nitrogens with zero attached hydrogens (tertiary/aromatic N) is 2. The lowest BCUT2D eigenvalue weighted by Crippen LogP contribution is -2.23. The average molecular weight is 240 g/mol. The van der Waals surface area contributed by atoms with Crippen molar-refractivity contribution in [2.45, 2.75) is 32.2 Å². The van der Waals surface area contributed by atoms with E-state index in [4.69, 9.17) is 5.11 Å². The number of carbonyl (C=O) groups is 1. The normalized spacial score (nSPS) is 18.2. The Labute approximate surface area is 98.9 Å². The van der Waals surface area contributed by atoms with E-state index in [1.807, 2.05) is 0 Å². The van der Waals surface area contributed by atoms with Crippen LogP contribution in [0, 0.1) is 0 Å². The predicted molar refractivity (Wildman–Crippen MR) is 62.8 cm³/mol. The molecule has 2 heterocycles. The number of aromatic carboxylic acids is 1. The third kappa shape index (κ3) is 3.02. The third-order valence-electron chi connectivity index (χ3n) is 2.82. The lowest BCUT2D eigenvalue weighted by atomic mass is 10.2. The van der Waals surface area contributed by atoms with Crippen LogP contribution < -0.4 is 0 Å². The molecule has 0 aromatic carbocycles. The fourth-order valence-electron chi connectivity index (χ4n) is 1.97. The number of rotatable bonds is 3. The average Bonchev–Trinajstić information content (AvgIpc) is 2.56. The molecule has 5 heteroatoms. The maximum Gasteiger partial charge on any atom is 0.347 e. The van der Waals surface area contributed by atoms with Gasteiger partial charge >= 0.3 is 5.97 Å². The quantitative estimate of drug-likeness (QED) is 0.880. The Hall–Kier alpha value is -0.940. The zero-order valence-corrected chi connectivity index (χ0v) is 10.0. The molecule has 1 N–H and O–H groups in total. The van der Waals surface area contributed by atoms with Crippen LogP contribution in [-0.4, -0.2) is 34.0 Å². The number of carboxylic acid groups (broad SMARTS) is 1. The van der Waals surface area contributed by atoms with Crippen LogP contribution in [0.25, 0.3) is 0 Å². The summed E-state index contributed by atoms with van der Waals surface area (Å²) in [5.74, 6) is -0.875. The van der Waals surface area contributed by atoms with Gasteiger partial charge in [-0.3, -0.25) is 4.90 Å². The van der Waals surface area contributed by atoms with E-state index in [9.17, 15) is 4.79 Å². The van der Waals surface area contributed by atoms with E-state index < -0.39 is 5.97 Å². The van der Waals surface area contributed by atoms with Crippen molar-refractivity contribution in [2.24, 2.45) is 0 Å². The summed E-state index contributed by atoms with van der Waals surface area (Å²) in [5.41, 5.74) is 0. The monoisotopic (exact) mass is 240 g/mol. The minimum Gasteiger partial charge on any atom is -0.477 e. The predicted octanol–water partition coefficient (Wildman–Crippen LogP) is 2.22. The molecule has 4 nitrogen and oxygen atoms in total. The molecule has 1 fully saturated rings. The van der Waals surface area contributed by atoms with Gasteiger partial charge in [-0.25, -0.2) is 9.78 Å². The first-order chi connectivity index (χ1) is 7.75. The van der Waals surface area contributed by atoms with Crippen molar-refractivity contribution < 1.29 is 9.90 Å². The zero-order valence-electron chi connectivity index (χ0n) is 9.19. The lowest BCUT2D eigenvalue weighted by molar-refractivity contribution is 0.0702. The summed E-state index contributed by atoms with van der Waals surface area (Å²) < 4.78 is 0. The van der Waals surface area contributed by atoms with Crippen molar-refractivity contribution in [2.75, 3.05) is 13.1 Å². The number of hydrogen-bond donors (Lipinski definition) is 1. The molecule has 0 bridgehead atoms. The van der Waals surface area contributed by atoms with E-state index in [0.29, 0.717) is 4.88 Å². The first kappa shape index (κ1) is 11.5. The van der Waals surface area contributed by atoms with Gasteiger partial charge in [0, 0.05) is 0 Å². The fourth-order valence-corrected chi connectivity index (χ4v) is 2.77. The first-order valence-corrected chi connectivity index (χ1v) is 6.48. The highest BCUT2D eigenvalue weighted by Gasteiger charge is 2.13. The highest BCUT2D eigenvalue weighted by atomic mass is 32.1. The minimum atomic E-state index is -0.875. The minimum absolute atomic E-state index is 0.338. The number of thiazole rings is 1. The zero-order chi connectivity index (χ0) is 11.4. The molecular weight excluding hydrogens is 224 g/mol.